The van der Waals surface area contributed by atoms with Crippen LogP contribution in [0.25, 0.3) is 0 Å². The minimum Gasteiger partial charge on any atom is -0.468 e. The SMILES string of the molecule is N#Cc1cccc(CNC(CO)c2ccco2)c1. The Morgan fingerprint density at radius 1 is 1.33 bits per heavy atom. The van der Waals surface area contributed by atoms with Gasteiger partial charge in [-0.1, -0.05) is 12.1 Å². The molecule has 1 aromatic carbocycles. The van der Waals surface area contributed by atoms with Crippen molar-refractivity contribution in [1.82, 2.24) is 5.32 Å². The first kappa shape index (κ1) is 12.4. The average molecular weight is 242 g/mol. The van der Waals surface area contributed by atoms with Crippen LogP contribution in [0.4, 0.5) is 0 Å². The molecule has 4 heteroatoms. The second-order valence-corrected chi connectivity index (χ2v) is 3.94. The summed E-state index contributed by atoms with van der Waals surface area (Å²) in [6.07, 6.45) is 1.58. The van der Waals surface area contributed by atoms with Gasteiger partial charge in [0.2, 0.25) is 0 Å². The number of aliphatic hydroxyl groups excluding tert-OH is 1. The molecule has 0 aliphatic carbocycles. The van der Waals surface area contributed by atoms with E-state index in [0.717, 1.165) is 5.56 Å². The Morgan fingerprint density at radius 2 is 2.22 bits per heavy atom. The third kappa shape index (κ3) is 2.98. The van der Waals surface area contributed by atoms with Crippen molar-refractivity contribution in [2.45, 2.75) is 12.6 Å². The number of nitriles is 1. The number of furan rings is 1. The van der Waals surface area contributed by atoms with Crippen molar-refractivity contribution in [3.8, 4) is 6.07 Å². The van der Waals surface area contributed by atoms with Gasteiger partial charge >= 0.3 is 0 Å². The lowest BCUT2D eigenvalue weighted by Crippen LogP contribution is -2.23. The van der Waals surface area contributed by atoms with Crippen LogP contribution in [-0.2, 0) is 6.54 Å². The van der Waals surface area contributed by atoms with Crippen LogP contribution in [-0.4, -0.2) is 11.7 Å². The van der Waals surface area contributed by atoms with Crippen LogP contribution in [0.3, 0.4) is 0 Å². The standard InChI is InChI=1S/C14H14N2O2/c15-8-11-3-1-4-12(7-11)9-16-13(10-17)14-5-2-6-18-14/h1-7,13,16-17H,9-10H2. The first-order valence-corrected chi connectivity index (χ1v) is 5.70. The number of aliphatic hydroxyl groups is 1. The Bertz CT molecular complexity index is 529. The number of nitrogens with zero attached hydrogens (tertiary/aromatic N) is 1. The molecule has 0 amide bonds. The van der Waals surface area contributed by atoms with Gasteiger partial charge in [0.1, 0.15) is 5.76 Å². The van der Waals surface area contributed by atoms with Crippen LogP contribution >= 0.6 is 0 Å². The van der Waals surface area contributed by atoms with Gasteiger partial charge in [-0.05, 0) is 29.8 Å². The lowest BCUT2D eigenvalue weighted by molar-refractivity contribution is 0.225. The van der Waals surface area contributed by atoms with Gasteiger partial charge in [0.05, 0.1) is 30.5 Å². The molecule has 1 aromatic heterocycles. The zero-order valence-electron chi connectivity index (χ0n) is 9.84. The van der Waals surface area contributed by atoms with Crippen molar-refractivity contribution >= 4 is 0 Å². The maximum absolute atomic E-state index is 9.30. The van der Waals surface area contributed by atoms with Crippen molar-refractivity contribution in [3.63, 3.8) is 0 Å². The fraction of sp³-hybridized carbons (Fsp3) is 0.214. The van der Waals surface area contributed by atoms with E-state index in [4.69, 9.17) is 9.68 Å². The predicted octanol–water partition coefficient (Wildman–Crippen LogP) is 1.97. The Kier molecular flexibility index (Phi) is 4.13. The number of nitrogens with one attached hydrogen (secondary N) is 1. The molecule has 0 aliphatic heterocycles. The van der Waals surface area contributed by atoms with Crippen LogP contribution in [0.5, 0.6) is 0 Å². The summed E-state index contributed by atoms with van der Waals surface area (Å²) < 4.78 is 5.25. The van der Waals surface area contributed by atoms with E-state index in [9.17, 15) is 5.11 Å². The highest BCUT2D eigenvalue weighted by Crippen LogP contribution is 2.14. The number of rotatable bonds is 5. The number of benzene rings is 1. The third-order valence-corrected chi connectivity index (χ3v) is 2.68. The first-order chi connectivity index (χ1) is 8.83. The molecule has 0 saturated heterocycles. The summed E-state index contributed by atoms with van der Waals surface area (Å²) in [4.78, 5) is 0. The molecule has 0 fully saturated rings. The normalized spacial score (nSPS) is 12.0. The van der Waals surface area contributed by atoms with Gasteiger partial charge in [0, 0.05) is 6.54 Å². The highest BCUT2D eigenvalue weighted by molar-refractivity contribution is 5.32. The summed E-state index contributed by atoms with van der Waals surface area (Å²) in [5, 5.41) is 21.3. The molecular formula is C14H14N2O2. The Morgan fingerprint density at radius 3 is 2.89 bits per heavy atom. The summed E-state index contributed by atoms with van der Waals surface area (Å²) in [7, 11) is 0. The van der Waals surface area contributed by atoms with E-state index in [1.807, 2.05) is 24.3 Å². The number of hydrogen-bond acceptors (Lipinski definition) is 4. The zero-order valence-corrected chi connectivity index (χ0v) is 9.84. The summed E-state index contributed by atoms with van der Waals surface area (Å²) in [5.74, 6) is 0.703. The Balaban J connectivity index is 2.00. The van der Waals surface area contributed by atoms with Crippen LogP contribution in [0.1, 0.15) is 22.9 Å². The molecule has 1 unspecified atom stereocenters. The number of hydrogen-bond donors (Lipinski definition) is 2. The smallest absolute Gasteiger partial charge is 0.123 e. The highest BCUT2D eigenvalue weighted by atomic mass is 16.3. The van der Waals surface area contributed by atoms with Gasteiger partial charge in [0.15, 0.2) is 0 Å². The van der Waals surface area contributed by atoms with Gasteiger partial charge in [-0.3, -0.25) is 0 Å². The zero-order chi connectivity index (χ0) is 12.8. The Hall–Kier alpha value is -2.09. The monoisotopic (exact) mass is 242 g/mol. The van der Waals surface area contributed by atoms with Crippen molar-refractivity contribution in [1.29, 1.82) is 5.26 Å². The van der Waals surface area contributed by atoms with Crippen LogP contribution < -0.4 is 5.32 Å². The molecule has 0 aliphatic rings. The largest absolute Gasteiger partial charge is 0.468 e. The average Bonchev–Trinajstić information content (AvgIpc) is 2.94. The van der Waals surface area contributed by atoms with Gasteiger partial charge in [-0.25, -0.2) is 0 Å². The van der Waals surface area contributed by atoms with Gasteiger partial charge in [-0.15, -0.1) is 0 Å². The fourth-order valence-electron chi connectivity index (χ4n) is 1.74. The van der Waals surface area contributed by atoms with E-state index in [1.165, 1.54) is 0 Å². The maximum atomic E-state index is 9.30. The van der Waals surface area contributed by atoms with Crippen molar-refractivity contribution in [2.24, 2.45) is 0 Å². The summed E-state index contributed by atoms with van der Waals surface area (Å²) >= 11 is 0. The van der Waals surface area contributed by atoms with E-state index >= 15 is 0 Å². The summed E-state index contributed by atoms with van der Waals surface area (Å²) in [5.41, 5.74) is 1.63. The second kappa shape index (κ2) is 6.01. The van der Waals surface area contributed by atoms with E-state index in [0.29, 0.717) is 17.9 Å². The summed E-state index contributed by atoms with van der Waals surface area (Å²) in [6, 6.07) is 12.8. The maximum Gasteiger partial charge on any atom is 0.123 e. The van der Waals surface area contributed by atoms with Crippen LogP contribution in [0.15, 0.2) is 47.1 Å². The molecule has 0 saturated carbocycles. The molecular weight excluding hydrogens is 228 g/mol. The second-order valence-electron chi connectivity index (χ2n) is 3.94. The predicted molar refractivity (Wildman–Crippen MR) is 66.5 cm³/mol. The van der Waals surface area contributed by atoms with Crippen LogP contribution in [0.2, 0.25) is 0 Å². The lowest BCUT2D eigenvalue weighted by Gasteiger charge is -2.13. The van der Waals surface area contributed by atoms with Crippen LogP contribution in [0, 0.1) is 11.3 Å². The Labute approximate surface area is 105 Å². The molecule has 0 bridgehead atoms. The van der Waals surface area contributed by atoms with E-state index in [2.05, 4.69) is 11.4 Å². The quantitative estimate of drug-likeness (QED) is 0.841. The first-order valence-electron chi connectivity index (χ1n) is 5.70. The molecule has 0 radical (unpaired) electrons. The van der Waals surface area contributed by atoms with Gasteiger partial charge in [0.25, 0.3) is 0 Å². The van der Waals surface area contributed by atoms with Gasteiger partial charge < -0.3 is 14.8 Å². The molecule has 18 heavy (non-hydrogen) atoms. The molecule has 0 spiro atoms. The third-order valence-electron chi connectivity index (χ3n) is 2.68. The molecule has 2 aromatic rings. The van der Waals surface area contributed by atoms with Gasteiger partial charge in [-0.2, -0.15) is 5.26 Å². The van der Waals surface area contributed by atoms with E-state index in [1.54, 1.807) is 18.4 Å². The van der Waals surface area contributed by atoms with Crippen molar-refractivity contribution in [2.75, 3.05) is 6.61 Å². The molecule has 92 valence electrons. The van der Waals surface area contributed by atoms with Crippen molar-refractivity contribution in [3.05, 3.63) is 59.5 Å². The summed E-state index contributed by atoms with van der Waals surface area (Å²) in [6.45, 7) is 0.535. The van der Waals surface area contributed by atoms with E-state index in [-0.39, 0.29) is 12.6 Å². The minimum atomic E-state index is -0.231. The molecule has 2 rings (SSSR count). The highest BCUT2D eigenvalue weighted by Gasteiger charge is 2.12. The van der Waals surface area contributed by atoms with E-state index < -0.39 is 0 Å². The molecule has 2 N–H and O–H groups in total. The topological polar surface area (TPSA) is 69.2 Å². The molecule has 4 nitrogen and oxygen atoms in total. The fourth-order valence-corrected chi connectivity index (χ4v) is 1.74. The molecule has 1 atom stereocenters. The molecule has 1 heterocycles. The van der Waals surface area contributed by atoms with Crippen molar-refractivity contribution < 1.29 is 9.52 Å². The lowest BCUT2D eigenvalue weighted by atomic mass is 10.1. The minimum absolute atomic E-state index is 0.0363.